The molecule has 0 aromatic carbocycles. The molecular weight excluding hydrogens is 222 g/mol. The van der Waals surface area contributed by atoms with E-state index in [1.807, 2.05) is 13.0 Å². The van der Waals surface area contributed by atoms with Crippen LogP contribution in [0.5, 0.6) is 0 Å². The van der Waals surface area contributed by atoms with E-state index >= 15 is 0 Å². The minimum atomic E-state index is 0.160. The molecule has 90 valence electrons. The van der Waals surface area contributed by atoms with Crippen molar-refractivity contribution in [1.29, 1.82) is 0 Å². The van der Waals surface area contributed by atoms with Gasteiger partial charge in [0.15, 0.2) is 0 Å². The molecule has 1 N–H and O–H groups in total. The van der Waals surface area contributed by atoms with Gasteiger partial charge in [-0.1, -0.05) is 13.8 Å². The average molecular weight is 242 g/mol. The third-order valence-corrected chi connectivity index (χ3v) is 3.79. The number of rotatable bonds is 6. The van der Waals surface area contributed by atoms with E-state index in [1.54, 1.807) is 6.20 Å². The minimum Gasteiger partial charge on any atom is -0.368 e. The standard InChI is InChI=1S/C12H20ClN3/c1-4-12(5-2,8-13)9-14-11-6-10(3)7-15-16-11/h6-7H,4-5,8-9H2,1-3H3,(H,14,16). The zero-order chi connectivity index (χ0) is 12.0. The molecule has 1 heterocycles. The van der Waals surface area contributed by atoms with E-state index in [0.29, 0.717) is 5.88 Å². The van der Waals surface area contributed by atoms with E-state index in [0.717, 1.165) is 30.8 Å². The summed E-state index contributed by atoms with van der Waals surface area (Å²) in [5.74, 6) is 1.50. The van der Waals surface area contributed by atoms with Gasteiger partial charge in [-0.2, -0.15) is 5.10 Å². The minimum absolute atomic E-state index is 0.160. The average Bonchev–Trinajstić information content (AvgIpc) is 2.32. The Morgan fingerprint density at radius 2 is 2.06 bits per heavy atom. The summed E-state index contributed by atoms with van der Waals surface area (Å²) < 4.78 is 0. The summed E-state index contributed by atoms with van der Waals surface area (Å²) in [7, 11) is 0. The molecule has 0 aliphatic heterocycles. The van der Waals surface area contributed by atoms with Crippen molar-refractivity contribution in [2.45, 2.75) is 33.6 Å². The van der Waals surface area contributed by atoms with E-state index in [1.165, 1.54) is 0 Å². The van der Waals surface area contributed by atoms with Crippen LogP contribution in [0.25, 0.3) is 0 Å². The molecule has 0 saturated carbocycles. The summed E-state index contributed by atoms with van der Waals surface area (Å²) in [6.45, 7) is 7.21. The predicted molar refractivity (Wildman–Crippen MR) is 69.0 cm³/mol. The van der Waals surface area contributed by atoms with Gasteiger partial charge < -0.3 is 5.32 Å². The molecule has 3 nitrogen and oxygen atoms in total. The van der Waals surface area contributed by atoms with Crippen LogP contribution in [0.4, 0.5) is 5.82 Å². The molecule has 1 aromatic rings. The first-order chi connectivity index (χ1) is 7.65. The van der Waals surface area contributed by atoms with Gasteiger partial charge in [0.2, 0.25) is 0 Å². The van der Waals surface area contributed by atoms with Crippen molar-refractivity contribution >= 4 is 17.4 Å². The van der Waals surface area contributed by atoms with Crippen molar-refractivity contribution in [2.24, 2.45) is 5.41 Å². The van der Waals surface area contributed by atoms with Crippen LogP contribution >= 0.6 is 11.6 Å². The number of nitrogens with one attached hydrogen (secondary N) is 1. The molecule has 0 spiro atoms. The molecule has 4 heteroatoms. The Labute approximate surface area is 103 Å². The molecule has 1 rings (SSSR count). The molecule has 1 aromatic heterocycles. The van der Waals surface area contributed by atoms with Crippen LogP contribution < -0.4 is 5.32 Å². The lowest BCUT2D eigenvalue weighted by Crippen LogP contribution is -2.30. The summed E-state index contributed by atoms with van der Waals surface area (Å²) in [6, 6.07) is 2.00. The molecule has 0 atom stereocenters. The second kappa shape index (κ2) is 6.04. The largest absolute Gasteiger partial charge is 0.368 e. The van der Waals surface area contributed by atoms with Crippen LogP contribution in [-0.2, 0) is 0 Å². The van der Waals surface area contributed by atoms with E-state index in [9.17, 15) is 0 Å². The van der Waals surface area contributed by atoms with Gasteiger partial charge in [-0.3, -0.25) is 0 Å². The maximum absolute atomic E-state index is 6.05. The number of hydrogen-bond acceptors (Lipinski definition) is 3. The maximum Gasteiger partial charge on any atom is 0.148 e. The topological polar surface area (TPSA) is 37.8 Å². The number of aromatic nitrogens is 2. The van der Waals surface area contributed by atoms with E-state index < -0.39 is 0 Å². The molecule has 0 fully saturated rings. The monoisotopic (exact) mass is 241 g/mol. The van der Waals surface area contributed by atoms with Crippen LogP contribution in [0.1, 0.15) is 32.3 Å². The lowest BCUT2D eigenvalue weighted by molar-refractivity contribution is 0.326. The predicted octanol–water partition coefficient (Wildman–Crippen LogP) is 3.24. The van der Waals surface area contributed by atoms with Gasteiger partial charge in [0, 0.05) is 17.8 Å². The number of nitrogens with zero attached hydrogens (tertiary/aromatic N) is 2. The normalized spacial score (nSPS) is 11.5. The van der Waals surface area contributed by atoms with Crippen molar-refractivity contribution in [3.05, 3.63) is 17.8 Å². The Kier molecular flexibility index (Phi) is 5.00. The van der Waals surface area contributed by atoms with Crippen LogP contribution in [0.3, 0.4) is 0 Å². The number of halogens is 1. The molecule has 0 bridgehead atoms. The van der Waals surface area contributed by atoms with Crippen LogP contribution in [0.15, 0.2) is 12.3 Å². The van der Waals surface area contributed by atoms with Crippen LogP contribution in [0, 0.1) is 12.3 Å². The summed E-state index contributed by atoms with van der Waals surface area (Å²) in [4.78, 5) is 0. The van der Waals surface area contributed by atoms with Crippen molar-refractivity contribution in [3.63, 3.8) is 0 Å². The molecule has 0 aliphatic rings. The molecule has 0 saturated heterocycles. The highest BCUT2D eigenvalue weighted by Gasteiger charge is 2.24. The second-order valence-corrected chi connectivity index (χ2v) is 4.58. The Balaban J connectivity index is 2.62. The fraction of sp³-hybridized carbons (Fsp3) is 0.667. The summed E-state index contributed by atoms with van der Waals surface area (Å²) in [6.07, 6.45) is 3.89. The van der Waals surface area contributed by atoms with Crippen molar-refractivity contribution in [1.82, 2.24) is 10.2 Å². The Hall–Kier alpha value is -0.830. The Morgan fingerprint density at radius 1 is 1.38 bits per heavy atom. The number of aryl methyl sites for hydroxylation is 1. The van der Waals surface area contributed by atoms with Gasteiger partial charge >= 0.3 is 0 Å². The first-order valence-corrected chi connectivity index (χ1v) is 6.28. The van der Waals surface area contributed by atoms with Gasteiger partial charge in [0.25, 0.3) is 0 Å². The third kappa shape index (κ3) is 3.34. The molecule has 0 aliphatic carbocycles. The van der Waals surface area contributed by atoms with Crippen molar-refractivity contribution in [2.75, 3.05) is 17.7 Å². The third-order valence-electron chi connectivity index (χ3n) is 3.22. The van der Waals surface area contributed by atoms with E-state index in [4.69, 9.17) is 11.6 Å². The van der Waals surface area contributed by atoms with Gasteiger partial charge in [-0.15, -0.1) is 16.7 Å². The van der Waals surface area contributed by atoms with Crippen molar-refractivity contribution in [3.8, 4) is 0 Å². The smallest absolute Gasteiger partial charge is 0.148 e. The van der Waals surface area contributed by atoms with Gasteiger partial charge in [0.05, 0.1) is 6.20 Å². The maximum atomic E-state index is 6.05. The SMILES string of the molecule is CCC(CC)(CCl)CNc1cc(C)cnn1. The second-order valence-electron chi connectivity index (χ2n) is 4.31. The van der Waals surface area contributed by atoms with Crippen LogP contribution in [-0.4, -0.2) is 22.6 Å². The highest BCUT2D eigenvalue weighted by molar-refractivity contribution is 6.18. The van der Waals surface area contributed by atoms with Gasteiger partial charge in [-0.25, -0.2) is 0 Å². The molecule has 0 unspecified atom stereocenters. The summed E-state index contributed by atoms with van der Waals surface area (Å²) >= 11 is 6.05. The molecule has 0 radical (unpaired) electrons. The quantitative estimate of drug-likeness (QED) is 0.777. The number of alkyl halides is 1. The summed E-state index contributed by atoms with van der Waals surface area (Å²) in [5, 5.41) is 11.3. The zero-order valence-corrected chi connectivity index (χ0v) is 11.0. The Bertz CT molecular complexity index is 316. The summed E-state index contributed by atoms with van der Waals surface area (Å²) in [5.41, 5.74) is 1.27. The van der Waals surface area contributed by atoms with E-state index in [2.05, 4.69) is 29.4 Å². The van der Waals surface area contributed by atoms with Gasteiger partial charge in [-0.05, 0) is 31.4 Å². The number of hydrogen-bond donors (Lipinski definition) is 1. The van der Waals surface area contributed by atoms with Crippen molar-refractivity contribution < 1.29 is 0 Å². The molecule has 0 amide bonds. The zero-order valence-electron chi connectivity index (χ0n) is 10.3. The molecular formula is C12H20ClN3. The molecule has 16 heavy (non-hydrogen) atoms. The van der Waals surface area contributed by atoms with Crippen LogP contribution in [0.2, 0.25) is 0 Å². The fourth-order valence-electron chi connectivity index (χ4n) is 1.56. The highest BCUT2D eigenvalue weighted by atomic mass is 35.5. The lowest BCUT2D eigenvalue weighted by atomic mass is 9.84. The highest BCUT2D eigenvalue weighted by Crippen LogP contribution is 2.28. The van der Waals surface area contributed by atoms with Gasteiger partial charge in [0.1, 0.15) is 5.82 Å². The lowest BCUT2D eigenvalue weighted by Gasteiger charge is -2.29. The number of anilines is 1. The Morgan fingerprint density at radius 3 is 2.56 bits per heavy atom. The first-order valence-electron chi connectivity index (χ1n) is 5.75. The van der Waals surface area contributed by atoms with E-state index in [-0.39, 0.29) is 5.41 Å². The first kappa shape index (κ1) is 13.2. The fourth-order valence-corrected chi connectivity index (χ4v) is 2.04.